The number of nitrogens with two attached hydrogens (primary N) is 1. The van der Waals surface area contributed by atoms with Crippen molar-refractivity contribution in [3.8, 4) is 0 Å². The molecule has 8 N–H and O–H groups in total. The zero-order chi connectivity index (χ0) is 29.8. The van der Waals surface area contributed by atoms with Crippen LogP contribution < -0.4 is 27.0 Å². The molecule has 1 heterocycles. The van der Waals surface area contributed by atoms with E-state index in [4.69, 9.17) is 10.8 Å². The average molecular weight is 565 g/mol. The van der Waals surface area contributed by atoms with Crippen LogP contribution in [0.4, 0.5) is 10.5 Å². The van der Waals surface area contributed by atoms with Gasteiger partial charge in [0.25, 0.3) is 0 Å². The quantitative estimate of drug-likeness (QED) is 0.139. The van der Waals surface area contributed by atoms with E-state index in [-0.39, 0.29) is 31.3 Å². The van der Waals surface area contributed by atoms with Gasteiger partial charge in [-0.1, -0.05) is 36.4 Å². The van der Waals surface area contributed by atoms with Crippen molar-refractivity contribution in [1.29, 1.82) is 0 Å². The summed E-state index contributed by atoms with van der Waals surface area (Å²) in [6, 6.07) is 14.5. The highest BCUT2D eigenvalue weighted by Crippen LogP contribution is 2.21. The number of aliphatic carboxylic acids is 1. The van der Waals surface area contributed by atoms with Gasteiger partial charge in [-0.15, -0.1) is 0 Å². The smallest absolute Gasteiger partial charge is 0.319 e. The largest absolute Gasteiger partial charge is 0.481 e. The number of anilines is 1. The molecule has 0 aliphatic heterocycles. The Balaban J connectivity index is 1.49. The Labute approximate surface area is 239 Å². The van der Waals surface area contributed by atoms with E-state index in [1.807, 2.05) is 61.7 Å². The summed E-state index contributed by atoms with van der Waals surface area (Å²) in [6.45, 7) is 4.14. The van der Waals surface area contributed by atoms with Crippen molar-refractivity contribution in [2.45, 2.75) is 64.0 Å². The zero-order valence-electron chi connectivity index (χ0n) is 23.6. The lowest BCUT2D eigenvalue weighted by molar-refractivity contribution is -0.138. The number of carboxylic acid groups (broad SMARTS) is 1. The molecule has 0 saturated carbocycles. The van der Waals surface area contributed by atoms with E-state index in [0.29, 0.717) is 32.2 Å². The van der Waals surface area contributed by atoms with Gasteiger partial charge in [0.1, 0.15) is 0 Å². The number of carbonyl (C=O) groups excluding carboxylic acids is 3. The summed E-state index contributed by atoms with van der Waals surface area (Å²) in [5, 5.41) is 21.2. The van der Waals surface area contributed by atoms with Crippen LogP contribution in [0.5, 0.6) is 0 Å². The van der Waals surface area contributed by atoms with E-state index in [9.17, 15) is 19.2 Å². The lowest BCUT2D eigenvalue weighted by Crippen LogP contribution is -2.55. The van der Waals surface area contributed by atoms with E-state index in [1.54, 1.807) is 6.92 Å². The SMILES string of the molecule is Cc1ccccc1NC(=O)NCCCC[C@H](CNC(=O)C(C)(N)Cc1c[nH]c2ccccc12)NC(=O)CCC(=O)O. The van der Waals surface area contributed by atoms with Gasteiger partial charge in [-0.3, -0.25) is 14.4 Å². The molecule has 1 aromatic heterocycles. The molecule has 0 aliphatic carbocycles. The third kappa shape index (κ3) is 9.95. The number of H-pyrrole nitrogens is 1. The molecule has 4 amide bonds. The van der Waals surface area contributed by atoms with Gasteiger partial charge < -0.3 is 37.1 Å². The highest BCUT2D eigenvalue weighted by molar-refractivity contribution is 5.90. The van der Waals surface area contributed by atoms with Gasteiger partial charge in [0.05, 0.1) is 12.0 Å². The molecule has 0 aliphatic rings. The number of aryl methyl sites for hydroxylation is 1. The van der Waals surface area contributed by atoms with Gasteiger partial charge in [0, 0.05) is 54.8 Å². The number of fused-ring (bicyclic) bond motifs is 1. The summed E-state index contributed by atoms with van der Waals surface area (Å²) in [4.78, 5) is 51.7. The third-order valence-corrected chi connectivity index (χ3v) is 6.85. The van der Waals surface area contributed by atoms with Crippen molar-refractivity contribution in [2.75, 3.05) is 18.4 Å². The maximum absolute atomic E-state index is 13.1. The fraction of sp³-hybridized carbons (Fsp3) is 0.400. The minimum absolute atomic E-state index is 0.138. The first-order valence-corrected chi connectivity index (χ1v) is 13.8. The van der Waals surface area contributed by atoms with Crippen molar-refractivity contribution in [1.82, 2.24) is 20.9 Å². The summed E-state index contributed by atoms with van der Waals surface area (Å²) in [7, 11) is 0. The molecular weight excluding hydrogens is 524 g/mol. The number of benzene rings is 2. The molecular formula is C30H40N6O5. The van der Waals surface area contributed by atoms with E-state index in [0.717, 1.165) is 27.7 Å². The van der Waals surface area contributed by atoms with Crippen LogP contribution in [-0.2, 0) is 20.8 Å². The Bertz CT molecular complexity index is 1350. The number of urea groups is 1. The molecule has 3 aromatic rings. The first-order chi connectivity index (χ1) is 19.5. The van der Waals surface area contributed by atoms with Crippen LogP contribution in [0.1, 0.15) is 50.2 Å². The molecule has 0 spiro atoms. The number of aromatic nitrogens is 1. The van der Waals surface area contributed by atoms with Crippen molar-refractivity contribution >= 4 is 40.4 Å². The molecule has 2 aromatic carbocycles. The molecule has 11 nitrogen and oxygen atoms in total. The lowest BCUT2D eigenvalue weighted by atomic mass is 9.92. The monoisotopic (exact) mass is 564 g/mol. The summed E-state index contributed by atoms with van der Waals surface area (Å²) in [6.07, 6.45) is 3.54. The number of carboxylic acids is 1. The van der Waals surface area contributed by atoms with Crippen molar-refractivity contribution in [2.24, 2.45) is 5.73 Å². The Morgan fingerprint density at radius 1 is 1.00 bits per heavy atom. The normalized spacial score (nSPS) is 13.1. The Morgan fingerprint density at radius 2 is 1.73 bits per heavy atom. The summed E-state index contributed by atoms with van der Waals surface area (Å²) >= 11 is 0. The van der Waals surface area contributed by atoms with Gasteiger partial charge in [-0.2, -0.15) is 0 Å². The van der Waals surface area contributed by atoms with E-state index in [2.05, 4.69) is 26.3 Å². The van der Waals surface area contributed by atoms with Crippen molar-refractivity contribution < 1.29 is 24.3 Å². The van der Waals surface area contributed by atoms with E-state index < -0.39 is 23.5 Å². The summed E-state index contributed by atoms with van der Waals surface area (Å²) in [5.41, 5.74) is 8.81. The molecule has 0 radical (unpaired) electrons. The second kappa shape index (κ2) is 14.8. The maximum atomic E-state index is 13.1. The zero-order valence-corrected chi connectivity index (χ0v) is 23.6. The van der Waals surface area contributed by atoms with Crippen LogP contribution >= 0.6 is 0 Å². The van der Waals surface area contributed by atoms with Crippen LogP contribution in [0.25, 0.3) is 10.9 Å². The van der Waals surface area contributed by atoms with Gasteiger partial charge >= 0.3 is 12.0 Å². The van der Waals surface area contributed by atoms with Crippen LogP contribution in [0, 0.1) is 6.92 Å². The molecule has 2 atom stereocenters. The standard InChI is InChI=1S/C30H40N6O5/c1-20-9-3-5-12-24(20)36-29(41)32-16-8-7-10-22(35-26(37)14-15-27(38)39)19-34-28(40)30(2,31)17-21-18-33-25-13-6-4-11-23(21)25/h3-6,9,11-13,18,22,33H,7-8,10,14-17,19,31H2,1-2H3,(H,34,40)(H,35,37)(H,38,39)(H2,32,36,41)/t22-,30?/m1/s1. The average Bonchev–Trinajstić information content (AvgIpc) is 3.33. The number of hydrogen-bond acceptors (Lipinski definition) is 5. The second-order valence-electron chi connectivity index (χ2n) is 10.5. The Kier molecular flexibility index (Phi) is 11.3. The summed E-state index contributed by atoms with van der Waals surface area (Å²) < 4.78 is 0. The van der Waals surface area contributed by atoms with Crippen LogP contribution in [0.3, 0.4) is 0 Å². The van der Waals surface area contributed by atoms with E-state index >= 15 is 0 Å². The number of rotatable bonds is 15. The highest BCUT2D eigenvalue weighted by atomic mass is 16.4. The van der Waals surface area contributed by atoms with Crippen LogP contribution in [0.2, 0.25) is 0 Å². The molecule has 1 unspecified atom stereocenters. The number of aromatic amines is 1. The first kappa shape index (κ1) is 31.2. The molecule has 0 bridgehead atoms. The molecule has 0 fully saturated rings. The van der Waals surface area contributed by atoms with Gasteiger partial charge in [0.15, 0.2) is 0 Å². The predicted octanol–water partition coefficient (Wildman–Crippen LogP) is 3.19. The lowest BCUT2D eigenvalue weighted by Gasteiger charge is -2.26. The molecule has 11 heteroatoms. The first-order valence-electron chi connectivity index (χ1n) is 13.8. The second-order valence-corrected chi connectivity index (χ2v) is 10.5. The van der Waals surface area contributed by atoms with Crippen LogP contribution in [-0.4, -0.2) is 58.6 Å². The van der Waals surface area contributed by atoms with E-state index in [1.165, 1.54) is 0 Å². The predicted molar refractivity (Wildman–Crippen MR) is 158 cm³/mol. The number of carbonyl (C=O) groups is 4. The van der Waals surface area contributed by atoms with Gasteiger partial charge in [-0.05, 0) is 56.4 Å². The fourth-order valence-corrected chi connectivity index (χ4v) is 4.51. The minimum Gasteiger partial charge on any atom is -0.481 e. The molecule has 41 heavy (non-hydrogen) atoms. The fourth-order valence-electron chi connectivity index (χ4n) is 4.51. The van der Waals surface area contributed by atoms with Crippen LogP contribution in [0.15, 0.2) is 54.7 Å². The number of nitrogens with one attached hydrogen (secondary N) is 5. The third-order valence-electron chi connectivity index (χ3n) is 6.85. The molecule has 0 saturated heterocycles. The molecule has 3 rings (SSSR count). The number of amides is 4. The Hall–Kier alpha value is -4.38. The highest BCUT2D eigenvalue weighted by Gasteiger charge is 2.30. The number of hydrogen-bond donors (Lipinski definition) is 7. The van der Waals surface area contributed by atoms with Crippen molar-refractivity contribution in [3.05, 3.63) is 65.9 Å². The summed E-state index contributed by atoms with van der Waals surface area (Å²) in [5.74, 6) is -1.82. The number of unbranched alkanes of at least 4 members (excludes halogenated alkanes) is 1. The number of para-hydroxylation sites is 2. The van der Waals surface area contributed by atoms with Gasteiger partial charge in [0.2, 0.25) is 11.8 Å². The van der Waals surface area contributed by atoms with Gasteiger partial charge in [-0.25, -0.2) is 4.79 Å². The minimum atomic E-state index is -1.20. The Morgan fingerprint density at radius 3 is 2.49 bits per heavy atom. The maximum Gasteiger partial charge on any atom is 0.319 e. The van der Waals surface area contributed by atoms with Crippen molar-refractivity contribution in [3.63, 3.8) is 0 Å². The molecule has 220 valence electrons. The topological polar surface area (TPSA) is 178 Å².